The Morgan fingerprint density at radius 1 is 1.04 bits per heavy atom. The van der Waals surface area contributed by atoms with E-state index < -0.39 is 0 Å². The molecule has 1 aromatic carbocycles. The summed E-state index contributed by atoms with van der Waals surface area (Å²) in [4.78, 5) is 15.9. The fraction of sp³-hybridized carbons (Fsp3) is 0.556. The van der Waals surface area contributed by atoms with E-state index in [1.807, 2.05) is 24.3 Å². The van der Waals surface area contributed by atoms with E-state index in [0.29, 0.717) is 38.8 Å². The minimum Gasteiger partial charge on any atom is -0.378 e. The number of guanidine groups is 1. The van der Waals surface area contributed by atoms with Gasteiger partial charge in [-0.15, -0.1) is 0 Å². The van der Waals surface area contributed by atoms with Gasteiger partial charge in [0.1, 0.15) is 0 Å². The molecule has 3 N–H and O–H groups in total. The molecule has 0 aliphatic carbocycles. The lowest BCUT2D eigenvalue weighted by Gasteiger charge is -2.26. The lowest BCUT2D eigenvalue weighted by Crippen LogP contribution is -2.46. The lowest BCUT2D eigenvalue weighted by molar-refractivity contribution is 0.0533. The molecule has 3 rings (SSSR count). The topological polar surface area (TPSA) is 80.7 Å². The van der Waals surface area contributed by atoms with Crippen LogP contribution in [0.5, 0.6) is 0 Å². The molecule has 0 bridgehead atoms. The lowest BCUT2D eigenvalue weighted by atomic mass is 10.1. The maximum atomic E-state index is 12.0. The largest absolute Gasteiger partial charge is 0.378 e. The number of morpholine rings is 1. The molecule has 0 atom stereocenters. The van der Waals surface area contributed by atoms with E-state index in [1.54, 1.807) is 4.90 Å². The molecule has 0 spiro atoms. The number of carbonyl (C=O) groups is 1. The summed E-state index contributed by atoms with van der Waals surface area (Å²) in [6, 6.07) is 8.05. The highest BCUT2D eigenvalue weighted by atomic mass is 16.5. The van der Waals surface area contributed by atoms with E-state index in [0.717, 1.165) is 25.2 Å². The molecule has 1 aromatic rings. The third kappa shape index (κ3) is 5.09. The first kappa shape index (κ1) is 17.5. The van der Waals surface area contributed by atoms with Gasteiger partial charge in [-0.2, -0.15) is 0 Å². The number of anilines is 1. The van der Waals surface area contributed by atoms with Crippen LogP contribution in [0.25, 0.3) is 0 Å². The molecule has 0 radical (unpaired) electrons. The average Bonchev–Trinajstić information content (AvgIpc) is 3.19. The first-order chi connectivity index (χ1) is 12.2. The maximum Gasteiger partial charge on any atom is 0.317 e. The van der Waals surface area contributed by atoms with Gasteiger partial charge < -0.3 is 25.2 Å². The molecule has 2 saturated heterocycles. The summed E-state index contributed by atoms with van der Waals surface area (Å²) < 4.78 is 5.25. The molecule has 7 nitrogen and oxygen atoms in total. The second-order valence-electron chi connectivity index (χ2n) is 6.45. The van der Waals surface area contributed by atoms with Gasteiger partial charge in [0.05, 0.1) is 13.2 Å². The fourth-order valence-electron chi connectivity index (χ4n) is 3.10. The SMILES string of the molecule is N=C(Nc1ccc(CCNC(=O)N2CCOCC2)cc1)N1CCCC1. The van der Waals surface area contributed by atoms with Gasteiger partial charge in [0.15, 0.2) is 5.96 Å². The number of hydrogen-bond donors (Lipinski definition) is 3. The van der Waals surface area contributed by atoms with Gasteiger partial charge >= 0.3 is 6.03 Å². The number of ether oxygens (including phenoxy) is 1. The summed E-state index contributed by atoms with van der Waals surface area (Å²) in [5.41, 5.74) is 2.10. The van der Waals surface area contributed by atoms with Crippen LogP contribution in [-0.2, 0) is 11.2 Å². The quantitative estimate of drug-likeness (QED) is 0.573. The van der Waals surface area contributed by atoms with Crippen LogP contribution in [0.15, 0.2) is 24.3 Å². The van der Waals surface area contributed by atoms with Gasteiger partial charge in [0, 0.05) is 38.4 Å². The third-order valence-electron chi connectivity index (χ3n) is 4.63. The van der Waals surface area contributed by atoms with Crippen molar-refractivity contribution in [3.63, 3.8) is 0 Å². The van der Waals surface area contributed by atoms with Gasteiger partial charge in [-0.3, -0.25) is 5.41 Å². The van der Waals surface area contributed by atoms with Crippen molar-refractivity contribution in [2.45, 2.75) is 19.3 Å². The van der Waals surface area contributed by atoms with E-state index >= 15 is 0 Å². The monoisotopic (exact) mass is 345 g/mol. The third-order valence-corrected chi connectivity index (χ3v) is 4.63. The van der Waals surface area contributed by atoms with E-state index in [9.17, 15) is 4.79 Å². The van der Waals surface area contributed by atoms with E-state index in [-0.39, 0.29) is 6.03 Å². The van der Waals surface area contributed by atoms with Crippen LogP contribution in [0.2, 0.25) is 0 Å². The predicted octanol–water partition coefficient (Wildman–Crippen LogP) is 1.71. The molecule has 0 saturated carbocycles. The number of carbonyl (C=O) groups excluding carboxylic acids is 1. The van der Waals surface area contributed by atoms with Gasteiger partial charge in [-0.25, -0.2) is 4.79 Å². The van der Waals surface area contributed by atoms with Crippen LogP contribution in [0, 0.1) is 5.41 Å². The summed E-state index contributed by atoms with van der Waals surface area (Å²) in [6.07, 6.45) is 3.12. The van der Waals surface area contributed by atoms with E-state index in [1.165, 1.54) is 18.4 Å². The summed E-state index contributed by atoms with van der Waals surface area (Å²) >= 11 is 0. The number of amides is 2. The predicted molar refractivity (Wildman–Crippen MR) is 98.1 cm³/mol. The number of nitrogens with one attached hydrogen (secondary N) is 3. The van der Waals surface area contributed by atoms with Crippen molar-refractivity contribution in [3.8, 4) is 0 Å². The van der Waals surface area contributed by atoms with Crippen LogP contribution in [0.1, 0.15) is 18.4 Å². The van der Waals surface area contributed by atoms with Crippen molar-refractivity contribution >= 4 is 17.7 Å². The van der Waals surface area contributed by atoms with Crippen LogP contribution < -0.4 is 10.6 Å². The number of benzene rings is 1. The summed E-state index contributed by atoms with van der Waals surface area (Å²) in [7, 11) is 0. The molecular weight excluding hydrogens is 318 g/mol. The number of rotatable bonds is 4. The van der Waals surface area contributed by atoms with Crippen molar-refractivity contribution in [1.82, 2.24) is 15.1 Å². The van der Waals surface area contributed by atoms with E-state index in [2.05, 4.69) is 15.5 Å². The molecule has 2 heterocycles. The van der Waals surface area contributed by atoms with Crippen molar-refractivity contribution in [3.05, 3.63) is 29.8 Å². The Morgan fingerprint density at radius 2 is 1.72 bits per heavy atom. The summed E-state index contributed by atoms with van der Waals surface area (Å²) in [5.74, 6) is 0.475. The molecule has 0 aromatic heterocycles. The molecule has 25 heavy (non-hydrogen) atoms. The fourth-order valence-corrected chi connectivity index (χ4v) is 3.10. The number of hydrogen-bond acceptors (Lipinski definition) is 3. The molecular formula is C18H27N5O2. The Hall–Kier alpha value is -2.28. The summed E-state index contributed by atoms with van der Waals surface area (Å²) in [6.45, 7) is 5.11. The van der Waals surface area contributed by atoms with Gasteiger partial charge in [0.2, 0.25) is 0 Å². The Kier molecular flexibility index (Phi) is 6.11. The molecule has 2 amide bonds. The van der Waals surface area contributed by atoms with E-state index in [4.69, 9.17) is 10.1 Å². The van der Waals surface area contributed by atoms with Crippen LogP contribution >= 0.6 is 0 Å². The number of urea groups is 1. The normalized spacial score (nSPS) is 17.4. The first-order valence-corrected chi connectivity index (χ1v) is 9.02. The average molecular weight is 345 g/mol. The second-order valence-corrected chi connectivity index (χ2v) is 6.45. The molecule has 136 valence electrons. The van der Waals surface area contributed by atoms with Crippen molar-refractivity contribution in [1.29, 1.82) is 5.41 Å². The van der Waals surface area contributed by atoms with Gasteiger partial charge in [0.25, 0.3) is 0 Å². The Balaban J connectivity index is 1.39. The van der Waals surface area contributed by atoms with Crippen LogP contribution in [-0.4, -0.2) is 67.7 Å². The smallest absolute Gasteiger partial charge is 0.317 e. The van der Waals surface area contributed by atoms with Crippen molar-refractivity contribution in [2.24, 2.45) is 0 Å². The van der Waals surface area contributed by atoms with Gasteiger partial charge in [-0.1, -0.05) is 12.1 Å². The minimum atomic E-state index is -0.0133. The molecule has 7 heteroatoms. The zero-order chi connectivity index (χ0) is 17.5. The highest BCUT2D eigenvalue weighted by Crippen LogP contribution is 2.13. The standard InChI is InChI=1S/C18H27N5O2/c19-17(22-9-1-2-10-22)21-16-5-3-15(4-6-16)7-8-20-18(24)23-11-13-25-14-12-23/h3-6H,1-2,7-14H2,(H2,19,21)(H,20,24). The summed E-state index contributed by atoms with van der Waals surface area (Å²) in [5, 5.41) is 14.2. The highest BCUT2D eigenvalue weighted by molar-refractivity contribution is 5.91. The molecule has 0 unspecified atom stereocenters. The number of nitrogens with zero attached hydrogens (tertiary/aromatic N) is 2. The minimum absolute atomic E-state index is 0.0133. The second kappa shape index (κ2) is 8.71. The molecule has 2 aliphatic rings. The van der Waals surface area contributed by atoms with Crippen molar-refractivity contribution in [2.75, 3.05) is 51.3 Å². The van der Waals surface area contributed by atoms with Crippen molar-refractivity contribution < 1.29 is 9.53 Å². The Labute approximate surface area is 148 Å². The molecule has 2 aliphatic heterocycles. The van der Waals surface area contributed by atoms with Gasteiger partial charge in [-0.05, 0) is 37.0 Å². The first-order valence-electron chi connectivity index (χ1n) is 9.02. The highest BCUT2D eigenvalue weighted by Gasteiger charge is 2.16. The zero-order valence-corrected chi connectivity index (χ0v) is 14.6. The Bertz CT molecular complexity index is 578. The molecule has 2 fully saturated rings. The van der Waals surface area contributed by atoms with Crippen LogP contribution in [0.4, 0.5) is 10.5 Å². The maximum absolute atomic E-state index is 12.0. The zero-order valence-electron chi connectivity index (χ0n) is 14.6. The van der Waals surface area contributed by atoms with Crippen LogP contribution in [0.3, 0.4) is 0 Å². The number of likely N-dealkylation sites (tertiary alicyclic amines) is 1. The Morgan fingerprint density at radius 3 is 2.40 bits per heavy atom.